The van der Waals surface area contributed by atoms with Crippen LogP contribution in [0.1, 0.15) is 36.8 Å². The molecule has 0 saturated carbocycles. The van der Waals surface area contributed by atoms with Crippen LogP contribution in [0.4, 0.5) is 0 Å². The lowest BCUT2D eigenvalue weighted by Crippen LogP contribution is -2.23. The maximum Gasteiger partial charge on any atom is 0.251 e. The lowest BCUT2D eigenvalue weighted by molar-refractivity contribution is 0.0949. The van der Waals surface area contributed by atoms with Gasteiger partial charge in [-0.3, -0.25) is 4.79 Å². The van der Waals surface area contributed by atoms with Crippen molar-refractivity contribution in [2.45, 2.75) is 27.3 Å². The van der Waals surface area contributed by atoms with Crippen LogP contribution in [0.25, 0.3) is 22.5 Å². The zero-order valence-corrected chi connectivity index (χ0v) is 18.8. The number of ether oxygens (including phenoxy) is 3. The van der Waals surface area contributed by atoms with Crippen molar-refractivity contribution < 1.29 is 27.9 Å². The number of para-hydroxylation sites is 1. The molecule has 0 radical (unpaired) electrons. The molecule has 0 bridgehead atoms. The first kappa shape index (κ1) is 22.3. The van der Waals surface area contributed by atoms with Crippen LogP contribution >= 0.6 is 0 Å². The first-order chi connectivity index (χ1) is 16.1. The molecule has 2 aromatic carbocycles. The number of hydrogen-bond donors (Lipinski definition) is 1. The zero-order valence-electron chi connectivity index (χ0n) is 18.8. The Morgan fingerprint density at radius 2 is 1.61 bits per heavy atom. The molecule has 4 rings (SSSR count). The van der Waals surface area contributed by atoms with Crippen LogP contribution in [0.3, 0.4) is 0 Å². The van der Waals surface area contributed by atoms with Crippen molar-refractivity contribution in [1.29, 1.82) is 0 Å². The van der Waals surface area contributed by atoms with E-state index in [1.165, 1.54) is 0 Å². The van der Waals surface area contributed by atoms with Gasteiger partial charge in [0.25, 0.3) is 5.91 Å². The number of nitrogens with zero attached hydrogens (tertiary/aromatic N) is 1. The Balaban J connectivity index is 1.49. The normalized spacial score (nSPS) is 10.9. The minimum Gasteiger partial charge on any atom is -0.490 e. The molecule has 8 heteroatoms. The molecule has 0 spiro atoms. The van der Waals surface area contributed by atoms with Crippen LogP contribution in [0, 0.1) is 0 Å². The summed E-state index contributed by atoms with van der Waals surface area (Å²) in [5, 5.41) is 7.87. The van der Waals surface area contributed by atoms with Gasteiger partial charge in [0.2, 0.25) is 11.5 Å². The van der Waals surface area contributed by atoms with Gasteiger partial charge in [0.15, 0.2) is 17.3 Å². The highest BCUT2D eigenvalue weighted by Crippen LogP contribution is 2.39. The third-order valence-electron chi connectivity index (χ3n) is 4.83. The monoisotopic (exact) mass is 450 g/mol. The van der Waals surface area contributed by atoms with Gasteiger partial charge in [0, 0.05) is 17.0 Å². The van der Waals surface area contributed by atoms with E-state index in [9.17, 15) is 4.79 Å². The summed E-state index contributed by atoms with van der Waals surface area (Å²) in [6.07, 6.45) is 0. The molecule has 33 heavy (non-hydrogen) atoms. The number of carbonyl (C=O) groups is 1. The second-order valence-corrected chi connectivity index (χ2v) is 7.11. The van der Waals surface area contributed by atoms with Crippen LogP contribution in [-0.2, 0) is 6.54 Å². The largest absolute Gasteiger partial charge is 0.490 e. The van der Waals surface area contributed by atoms with E-state index in [0.29, 0.717) is 59.8 Å². The van der Waals surface area contributed by atoms with Crippen molar-refractivity contribution in [2.75, 3.05) is 19.8 Å². The van der Waals surface area contributed by atoms with Crippen LogP contribution in [0.5, 0.6) is 17.2 Å². The van der Waals surface area contributed by atoms with E-state index >= 15 is 0 Å². The second-order valence-electron chi connectivity index (χ2n) is 7.11. The second kappa shape index (κ2) is 10.1. The van der Waals surface area contributed by atoms with E-state index in [0.717, 1.165) is 11.0 Å². The molecule has 0 saturated heterocycles. The molecule has 0 fully saturated rings. The molecule has 4 aromatic rings. The number of carbonyl (C=O) groups excluding carboxylic acids is 1. The van der Waals surface area contributed by atoms with Gasteiger partial charge in [0.1, 0.15) is 11.3 Å². The number of fused-ring (bicyclic) bond motifs is 1. The molecule has 2 heterocycles. The maximum absolute atomic E-state index is 12.9. The van der Waals surface area contributed by atoms with E-state index in [1.807, 2.05) is 51.1 Å². The molecule has 0 aliphatic rings. The molecule has 0 aliphatic heterocycles. The Morgan fingerprint density at radius 3 is 2.27 bits per heavy atom. The molecule has 1 N–H and O–H groups in total. The predicted octanol–water partition coefficient (Wildman–Crippen LogP) is 5.21. The maximum atomic E-state index is 12.9. The van der Waals surface area contributed by atoms with E-state index in [4.69, 9.17) is 23.2 Å². The molecule has 0 unspecified atom stereocenters. The van der Waals surface area contributed by atoms with Crippen molar-refractivity contribution in [3.8, 4) is 28.8 Å². The van der Waals surface area contributed by atoms with Crippen molar-refractivity contribution in [2.24, 2.45) is 0 Å². The van der Waals surface area contributed by atoms with Crippen LogP contribution < -0.4 is 19.5 Å². The molecule has 0 aliphatic carbocycles. The standard InChI is InChI=1S/C25H26N2O6/c1-4-29-22-12-17(13-23(30-5-2)24(22)31-6-3)25(28)26-15-18-14-21(33-27-18)20-11-16-9-7-8-10-19(16)32-20/h7-14H,4-6,15H2,1-3H3,(H,26,28). The highest BCUT2D eigenvalue weighted by Gasteiger charge is 2.19. The Morgan fingerprint density at radius 1 is 0.909 bits per heavy atom. The highest BCUT2D eigenvalue weighted by atomic mass is 16.5. The number of furan rings is 1. The first-order valence-electron chi connectivity index (χ1n) is 10.9. The van der Waals surface area contributed by atoms with E-state index < -0.39 is 0 Å². The fraction of sp³-hybridized carbons (Fsp3) is 0.280. The Kier molecular flexibility index (Phi) is 6.83. The molecule has 172 valence electrons. The summed E-state index contributed by atoms with van der Waals surface area (Å²) >= 11 is 0. The molecular weight excluding hydrogens is 424 g/mol. The van der Waals surface area contributed by atoms with Crippen molar-refractivity contribution in [1.82, 2.24) is 10.5 Å². The third-order valence-corrected chi connectivity index (χ3v) is 4.83. The fourth-order valence-electron chi connectivity index (χ4n) is 3.41. The zero-order chi connectivity index (χ0) is 23.2. The number of hydrogen-bond acceptors (Lipinski definition) is 7. The summed E-state index contributed by atoms with van der Waals surface area (Å²) < 4.78 is 28.3. The Labute approximate surface area is 191 Å². The SMILES string of the molecule is CCOc1cc(C(=O)NCc2cc(-c3cc4ccccc4o3)on2)cc(OCC)c1OCC. The van der Waals surface area contributed by atoms with Gasteiger partial charge >= 0.3 is 0 Å². The van der Waals surface area contributed by atoms with Gasteiger partial charge in [-0.05, 0) is 45.0 Å². The molecule has 2 aromatic heterocycles. The average Bonchev–Trinajstić information content (AvgIpc) is 3.46. The van der Waals surface area contributed by atoms with Crippen LogP contribution in [0.15, 0.2) is 57.5 Å². The smallest absolute Gasteiger partial charge is 0.251 e. The summed E-state index contributed by atoms with van der Waals surface area (Å²) in [5.74, 6) is 2.19. The first-order valence-corrected chi connectivity index (χ1v) is 10.9. The highest BCUT2D eigenvalue weighted by molar-refractivity contribution is 5.95. The predicted molar refractivity (Wildman–Crippen MR) is 123 cm³/mol. The quantitative estimate of drug-likeness (QED) is 0.354. The third kappa shape index (κ3) is 4.95. The summed E-state index contributed by atoms with van der Waals surface area (Å²) in [5.41, 5.74) is 1.73. The number of rotatable bonds is 10. The average molecular weight is 450 g/mol. The van der Waals surface area contributed by atoms with Crippen LogP contribution in [-0.4, -0.2) is 30.9 Å². The van der Waals surface area contributed by atoms with Crippen molar-refractivity contribution in [3.63, 3.8) is 0 Å². The minimum atomic E-state index is -0.298. The van der Waals surface area contributed by atoms with E-state index in [1.54, 1.807) is 18.2 Å². The van der Waals surface area contributed by atoms with Gasteiger partial charge in [-0.1, -0.05) is 23.4 Å². The van der Waals surface area contributed by atoms with Gasteiger partial charge in [-0.25, -0.2) is 0 Å². The van der Waals surface area contributed by atoms with E-state index in [-0.39, 0.29) is 12.5 Å². The fourth-order valence-corrected chi connectivity index (χ4v) is 3.41. The number of amides is 1. The van der Waals surface area contributed by atoms with Crippen molar-refractivity contribution >= 4 is 16.9 Å². The Bertz CT molecular complexity index is 1180. The van der Waals surface area contributed by atoms with Gasteiger partial charge < -0.3 is 28.5 Å². The van der Waals surface area contributed by atoms with Gasteiger partial charge in [0.05, 0.1) is 26.4 Å². The van der Waals surface area contributed by atoms with Gasteiger partial charge in [-0.2, -0.15) is 0 Å². The topological polar surface area (TPSA) is 96.0 Å². The molecular formula is C25H26N2O6. The number of benzene rings is 2. The van der Waals surface area contributed by atoms with E-state index in [2.05, 4.69) is 10.5 Å². The minimum absolute atomic E-state index is 0.184. The summed E-state index contributed by atoms with van der Waals surface area (Å²) in [4.78, 5) is 12.9. The van der Waals surface area contributed by atoms with Gasteiger partial charge in [-0.15, -0.1) is 0 Å². The summed E-state index contributed by atoms with van der Waals surface area (Å²) in [6.45, 7) is 7.11. The molecule has 0 atom stereocenters. The lowest BCUT2D eigenvalue weighted by Gasteiger charge is -2.17. The summed E-state index contributed by atoms with van der Waals surface area (Å²) in [7, 11) is 0. The summed E-state index contributed by atoms with van der Waals surface area (Å²) in [6, 6.07) is 14.6. The van der Waals surface area contributed by atoms with Crippen LogP contribution in [0.2, 0.25) is 0 Å². The molecule has 1 amide bonds. The number of nitrogens with one attached hydrogen (secondary N) is 1. The number of aromatic nitrogens is 1. The lowest BCUT2D eigenvalue weighted by atomic mass is 10.1. The van der Waals surface area contributed by atoms with Crippen molar-refractivity contribution in [3.05, 3.63) is 59.8 Å². The Hall–Kier alpha value is -3.94. The molecule has 8 nitrogen and oxygen atoms in total.